The number of aliphatic imine (C=N–C) groups is 1. The molecule has 0 bridgehead atoms. The average molecular weight is 321 g/mol. The largest absolute Gasteiger partial charge is 0.479 e. The number of oxazole rings is 1. The van der Waals surface area contributed by atoms with Crippen LogP contribution in [-0.4, -0.2) is 21.3 Å². The number of hydrogen-bond acceptors (Lipinski definition) is 6. The second-order valence-corrected chi connectivity index (χ2v) is 5.81. The average Bonchev–Trinajstić information content (AvgIpc) is 3.16. The summed E-state index contributed by atoms with van der Waals surface area (Å²) in [5.41, 5.74) is 1.98. The zero-order valence-electron chi connectivity index (χ0n) is 11.9. The van der Waals surface area contributed by atoms with Gasteiger partial charge in [-0.15, -0.1) is 0 Å². The molecule has 0 saturated heterocycles. The van der Waals surface area contributed by atoms with Crippen LogP contribution < -0.4 is 0 Å². The molecule has 112 valence electrons. The van der Waals surface area contributed by atoms with Crippen LogP contribution in [0.2, 0.25) is 0 Å². The molecule has 0 aliphatic heterocycles. The van der Waals surface area contributed by atoms with E-state index >= 15 is 0 Å². The van der Waals surface area contributed by atoms with Gasteiger partial charge in [0.15, 0.2) is 5.69 Å². The second-order valence-electron chi connectivity index (χ2n) is 4.80. The topological polar surface area (TPSA) is 71.5 Å². The van der Waals surface area contributed by atoms with E-state index in [-0.39, 0.29) is 11.6 Å². The predicted molar refractivity (Wildman–Crippen MR) is 90.5 cm³/mol. The van der Waals surface area contributed by atoms with E-state index in [1.165, 1.54) is 17.6 Å². The summed E-state index contributed by atoms with van der Waals surface area (Å²) in [5.74, 6) is 0.0996. The Morgan fingerprint density at radius 3 is 2.61 bits per heavy atom. The lowest BCUT2D eigenvalue weighted by molar-refractivity contribution is 0.337. The van der Waals surface area contributed by atoms with Gasteiger partial charge in [-0.1, -0.05) is 41.7 Å². The maximum atomic E-state index is 9.87. The standard InChI is InChI=1S/C17H11N3O2S/c21-16-13(19-15(22-16)11-6-2-1-3-7-11)10-18-17-20-12-8-4-5-9-14(12)23-17/h1-10,21H. The van der Waals surface area contributed by atoms with Crippen LogP contribution in [-0.2, 0) is 0 Å². The maximum Gasteiger partial charge on any atom is 0.312 e. The summed E-state index contributed by atoms with van der Waals surface area (Å²) >= 11 is 1.48. The number of benzene rings is 2. The van der Waals surface area contributed by atoms with Gasteiger partial charge in [0.25, 0.3) is 0 Å². The van der Waals surface area contributed by atoms with Gasteiger partial charge in [-0.2, -0.15) is 0 Å². The molecule has 2 heterocycles. The first kappa shape index (κ1) is 13.7. The van der Waals surface area contributed by atoms with E-state index in [4.69, 9.17) is 4.42 Å². The number of nitrogens with zero attached hydrogens (tertiary/aromatic N) is 3. The number of hydrogen-bond donors (Lipinski definition) is 1. The highest BCUT2D eigenvalue weighted by Gasteiger charge is 2.12. The van der Waals surface area contributed by atoms with Crippen molar-refractivity contribution in [3.05, 3.63) is 60.3 Å². The van der Waals surface area contributed by atoms with E-state index in [1.54, 1.807) is 0 Å². The van der Waals surface area contributed by atoms with Crippen molar-refractivity contribution in [2.75, 3.05) is 0 Å². The quantitative estimate of drug-likeness (QED) is 0.567. The molecule has 23 heavy (non-hydrogen) atoms. The number of rotatable bonds is 3. The van der Waals surface area contributed by atoms with Gasteiger partial charge in [0.05, 0.1) is 16.4 Å². The molecule has 0 fully saturated rings. The third-order valence-electron chi connectivity index (χ3n) is 3.24. The van der Waals surface area contributed by atoms with Gasteiger partial charge < -0.3 is 9.52 Å². The lowest BCUT2D eigenvalue weighted by atomic mass is 10.2. The Morgan fingerprint density at radius 1 is 1.00 bits per heavy atom. The van der Waals surface area contributed by atoms with Crippen LogP contribution in [0.1, 0.15) is 5.69 Å². The first-order valence-electron chi connectivity index (χ1n) is 6.94. The van der Waals surface area contributed by atoms with Gasteiger partial charge in [0.2, 0.25) is 11.0 Å². The second kappa shape index (κ2) is 5.66. The number of aromatic nitrogens is 2. The third-order valence-corrected chi connectivity index (χ3v) is 4.18. The fourth-order valence-corrected chi connectivity index (χ4v) is 2.95. The minimum Gasteiger partial charge on any atom is -0.479 e. The molecule has 0 radical (unpaired) electrons. The van der Waals surface area contributed by atoms with Gasteiger partial charge in [0, 0.05) is 5.56 Å². The molecule has 6 heteroatoms. The number of aromatic hydroxyl groups is 1. The molecule has 0 atom stereocenters. The number of thiazole rings is 1. The zero-order chi connectivity index (χ0) is 15.6. The highest BCUT2D eigenvalue weighted by molar-refractivity contribution is 7.22. The molecule has 0 spiro atoms. The van der Waals surface area contributed by atoms with Crippen molar-refractivity contribution in [3.8, 4) is 17.4 Å². The minimum atomic E-state index is -0.256. The van der Waals surface area contributed by atoms with Crippen molar-refractivity contribution in [1.29, 1.82) is 0 Å². The van der Waals surface area contributed by atoms with Crippen LogP contribution in [0.5, 0.6) is 5.95 Å². The highest BCUT2D eigenvalue weighted by atomic mass is 32.1. The Balaban J connectivity index is 1.64. The normalized spacial score (nSPS) is 11.5. The lowest BCUT2D eigenvalue weighted by Gasteiger charge is -1.91. The molecule has 0 saturated carbocycles. The van der Waals surface area contributed by atoms with Gasteiger partial charge in [-0.05, 0) is 24.3 Å². The fourth-order valence-electron chi connectivity index (χ4n) is 2.14. The summed E-state index contributed by atoms with van der Waals surface area (Å²) < 4.78 is 6.35. The Kier molecular flexibility index (Phi) is 3.36. The van der Waals surface area contributed by atoms with Crippen LogP contribution >= 0.6 is 11.3 Å². The molecule has 1 N–H and O–H groups in total. The number of fused-ring (bicyclic) bond motifs is 1. The summed E-state index contributed by atoms with van der Waals surface area (Å²) in [5, 5.41) is 10.5. The summed E-state index contributed by atoms with van der Waals surface area (Å²) in [6.07, 6.45) is 1.46. The summed E-state index contributed by atoms with van der Waals surface area (Å²) in [7, 11) is 0. The molecule has 0 aliphatic rings. The summed E-state index contributed by atoms with van der Waals surface area (Å²) in [6.45, 7) is 0. The Bertz CT molecular complexity index is 956. The molecule has 4 rings (SSSR count). The Hall–Kier alpha value is -2.99. The molecule has 0 aliphatic carbocycles. The SMILES string of the molecule is Oc1oc(-c2ccccc2)nc1C=Nc1nc2ccccc2s1. The molecule has 2 aromatic carbocycles. The predicted octanol–water partition coefficient (Wildman–Crippen LogP) is 4.41. The van der Waals surface area contributed by atoms with E-state index in [9.17, 15) is 5.11 Å². The molecule has 0 amide bonds. The molecule has 5 nitrogen and oxygen atoms in total. The Morgan fingerprint density at radius 2 is 1.78 bits per heavy atom. The van der Waals surface area contributed by atoms with Crippen LogP contribution in [0, 0.1) is 0 Å². The molecular formula is C17H11N3O2S. The summed E-state index contributed by atoms with van der Waals surface area (Å²) in [6, 6.07) is 17.2. The molecule has 2 aromatic heterocycles. The van der Waals surface area contributed by atoms with Crippen LogP contribution in [0.3, 0.4) is 0 Å². The van der Waals surface area contributed by atoms with Gasteiger partial charge in [-0.25, -0.2) is 15.0 Å². The van der Waals surface area contributed by atoms with Gasteiger partial charge in [-0.3, -0.25) is 0 Å². The summed E-state index contributed by atoms with van der Waals surface area (Å²) in [4.78, 5) is 12.9. The molecule has 4 aromatic rings. The minimum absolute atomic E-state index is 0.256. The van der Waals surface area contributed by atoms with Crippen molar-refractivity contribution in [3.63, 3.8) is 0 Å². The van der Waals surface area contributed by atoms with Crippen molar-refractivity contribution in [2.45, 2.75) is 0 Å². The Labute approximate surface area is 135 Å². The third kappa shape index (κ3) is 2.72. The fraction of sp³-hybridized carbons (Fsp3) is 0. The van der Waals surface area contributed by atoms with E-state index in [1.807, 2.05) is 54.6 Å². The molecule has 0 unspecified atom stereocenters. The maximum absolute atomic E-state index is 9.87. The van der Waals surface area contributed by atoms with E-state index in [0.717, 1.165) is 15.8 Å². The van der Waals surface area contributed by atoms with E-state index in [0.29, 0.717) is 11.0 Å². The van der Waals surface area contributed by atoms with E-state index < -0.39 is 0 Å². The smallest absolute Gasteiger partial charge is 0.312 e. The first-order chi connectivity index (χ1) is 11.3. The highest BCUT2D eigenvalue weighted by Crippen LogP contribution is 2.29. The number of para-hydroxylation sites is 1. The van der Waals surface area contributed by atoms with Gasteiger partial charge >= 0.3 is 5.95 Å². The van der Waals surface area contributed by atoms with Crippen LogP contribution in [0.15, 0.2) is 64.0 Å². The van der Waals surface area contributed by atoms with Crippen LogP contribution in [0.4, 0.5) is 5.13 Å². The van der Waals surface area contributed by atoms with E-state index in [2.05, 4.69) is 15.0 Å². The van der Waals surface area contributed by atoms with Crippen molar-refractivity contribution in [1.82, 2.24) is 9.97 Å². The molecular weight excluding hydrogens is 310 g/mol. The monoisotopic (exact) mass is 321 g/mol. The van der Waals surface area contributed by atoms with Crippen LogP contribution in [0.25, 0.3) is 21.7 Å². The van der Waals surface area contributed by atoms with Crippen molar-refractivity contribution >= 4 is 32.9 Å². The lowest BCUT2D eigenvalue weighted by Crippen LogP contribution is -1.82. The van der Waals surface area contributed by atoms with Crippen molar-refractivity contribution < 1.29 is 9.52 Å². The first-order valence-corrected chi connectivity index (χ1v) is 7.76. The zero-order valence-corrected chi connectivity index (χ0v) is 12.7. The van der Waals surface area contributed by atoms with Gasteiger partial charge in [0.1, 0.15) is 0 Å². The van der Waals surface area contributed by atoms with Crippen molar-refractivity contribution in [2.24, 2.45) is 4.99 Å².